The third-order valence-electron chi connectivity index (χ3n) is 14.6. The van der Waals surface area contributed by atoms with E-state index in [4.69, 9.17) is 25.9 Å². The first kappa shape index (κ1) is 51.8. The van der Waals surface area contributed by atoms with Gasteiger partial charge in [-0.25, -0.2) is 39.5 Å². The highest BCUT2D eigenvalue weighted by Crippen LogP contribution is 2.42. The molecule has 20 heteroatoms. The van der Waals surface area contributed by atoms with Crippen LogP contribution in [0, 0.1) is 0 Å². The van der Waals surface area contributed by atoms with Crippen LogP contribution in [0.3, 0.4) is 0 Å². The molecule has 4 bridgehead atoms. The minimum atomic E-state index is -0.335. The van der Waals surface area contributed by atoms with E-state index >= 15 is 0 Å². The molecule has 0 radical (unpaired) electrons. The largest absolute Gasteiger partial charge is 0.496 e. The Balaban J connectivity index is 0.000000142. The lowest BCUT2D eigenvalue weighted by atomic mass is 9.80. The summed E-state index contributed by atoms with van der Waals surface area (Å²) in [5, 5.41) is 6.14. The van der Waals surface area contributed by atoms with Crippen LogP contribution in [0.25, 0.3) is 11.3 Å². The molecule has 4 amide bonds. The molecular weight excluding hydrogens is 955 g/mol. The maximum Gasteiger partial charge on any atom is 0.496 e. The average Bonchev–Trinajstić information content (AvgIpc) is 4.09. The molecule has 3 saturated heterocycles. The number of carbonyl (C=O) groups excluding carboxylic acids is 2. The first-order valence-corrected chi connectivity index (χ1v) is 26.1. The Kier molecular flexibility index (Phi) is 15.5. The minimum Gasteiger partial charge on any atom is -0.399 e. The normalized spacial score (nSPS) is 18.3. The van der Waals surface area contributed by atoms with E-state index in [1.54, 1.807) is 40.4 Å². The number of carbonyl (C=O) groups is 2. The summed E-state index contributed by atoms with van der Waals surface area (Å²) >= 11 is 6.02. The number of nitrogens with one attached hydrogen (secondary N) is 2. The molecule has 11 heterocycles. The lowest BCUT2D eigenvalue weighted by molar-refractivity contribution is 0.00578. The molecule has 0 spiro atoms. The lowest BCUT2D eigenvalue weighted by Gasteiger charge is -2.35. The Morgan fingerprint density at radius 2 is 1.14 bits per heavy atom. The van der Waals surface area contributed by atoms with Crippen molar-refractivity contribution in [2.75, 3.05) is 92.4 Å². The van der Waals surface area contributed by atoms with Crippen molar-refractivity contribution in [2.45, 2.75) is 91.5 Å². The zero-order valence-electron chi connectivity index (χ0n) is 43.6. The van der Waals surface area contributed by atoms with Crippen LogP contribution < -0.4 is 45.5 Å². The molecule has 74 heavy (non-hydrogen) atoms. The van der Waals surface area contributed by atoms with Crippen molar-refractivity contribution in [3.05, 3.63) is 115 Å². The van der Waals surface area contributed by atoms with Crippen LogP contribution in [0.5, 0.6) is 0 Å². The fraction of sp³-hybridized carbons (Fsp3) is 0.407. The molecule has 0 saturated carbocycles. The van der Waals surface area contributed by atoms with Crippen LogP contribution >= 0.6 is 11.6 Å². The average molecular weight is 1020 g/mol. The number of pyridine rings is 6. The molecule has 0 aromatic carbocycles. The summed E-state index contributed by atoms with van der Waals surface area (Å²) in [5.74, 6) is 4.32. The van der Waals surface area contributed by atoms with Gasteiger partial charge in [-0.1, -0.05) is 29.8 Å². The summed E-state index contributed by atoms with van der Waals surface area (Å²) in [7, 11) is -0.335. The number of rotatable bonds is 10. The van der Waals surface area contributed by atoms with Gasteiger partial charge in [0.15, 0.2) is 11.6 Å². The fourth-order valence-corrected chi connectivity index (χ4v) is 9.96. The summed E-state index contributed by atoms with van der Waals surface area (Å²) in [5.41, 5.74) is 4.03. The summed E-state index contributed by atoms with van der Waals surface area (Å²) in [4.78, 5) is 65.3. The van der Waals surface area contributed by atoms with Gasteiger partial charge in [0, 0.05) is 88.2 Å². The van der Waals surface area contributed by atoms with Crippen molar-refractivity contribution in [1.82, 2.24) is 29.9 Å². The van der Waals surface area contributed by atoms with E-state index in [1.165, 1.54) is 0 Å². The zero-order chi connectivity index (χ0) is 52.1. The fourth-order valence-electron chi connectivity index (χ4n) is 9.82. The number of urea groups is 2. The van der Waals surface area contributed by atoms with Crippen LogP contribution in [-0.2, 0) is 9.31 Å². The monoisotopic (exact) mass is 1020 g/mol. The van der Waals surface area contributed by atoms with Crippen LogP contribution in [0.4, 0.5) is 55.9 Å². The topological polar surface area (TPSA) is 173 Å². The van der Waals surface area contributed by atoms with Crippen molar-refractivity contribution in [3.8, 4) is 11.3 Å². The maximum atomic E-state index is 13.3. The van der Waals surface area contributed by atoms with Gasteiger partial charge < -0.3 is 28.9 Å². The van der Waals surface area contributed by atoms with E-state index in [9.17, 15) is 9.59 Å². The van der Waals surface area contributed by atoms with E-state index in [0.29, 0.717) is 28.4 Å². The highest BCUT2D eigenvalue weighted by Gasteiger charge is 2.52. The van der Waals surface area contributed by atoms with Gasteiger partial charge in [-0.3, -0.25) is 20.4 Å². The molecule has 5 aliphatic rings. The van der Waals surface area contributed by atoms with Crippen molar-refractivity contribution < 1.29 is 18.9 Å². The van der Waals surface area contributed by atoms with Crippen molar-refractivity contribution in [1.29, 1.82) is 0 Å². The van der Waals surface area contributed by atoms with Crippen LogP contribution in [0.15, 0.2) is 110 Å². The summed E-state index contributed by atoms with van der Waals surface area (Å²) in [6, 6.07) is 26.6. The molecule has 5 aliphatic heterocycles. The Morgan fingerprint density at radius 3 is 1.59 bits per heavy atom. The minimum absolute atomic E-state index is 0.0946. The van der Waals surface area contributed by atoms with E-state index in [-0.39, 0.29) is 42.5 Å². The van der Waals surface area contributed by atoms with Gasteiger partial charge in [-0.2, -0.15) is 0 Å². The van der Waals surface area contributed by atoms with Gasteiger partial charge in [0.05, 0.1) is 40.4 Å². The number of nitrogens with zero attached hydrogens (tertiary/aromatic N) is 12. The standard InChI is InChI=1S/C24H27N7O.C15H25BN2O2.C15H14ClN5O/c1-3-29(4-2)22-11-8-17(15-26-22)19-9-10-20-23(27-19)31(18-12-14-30(20)16-18)24(32)28-21-7-5-6-13-25-21;1-7-18(8-2)13-10-9-12(11-17-13)16-19-14(3,4)15(5,6)20-16;16-12-5-4-11-14(18-12)21(10-6-8-20(11)9-10)15(22)19-13-3-1-2-7-17-13/h5-11,13,15,18H,3-4,12,14,16H2,1-2H3,(H,25,28,32);9-11H,7-8H2,1-6H3;1-5,7,10H,6,8-9H2,(H,17,19,22)/t18-;;10-/m0.0/s1. The zero-order valence-corrected chi connectivity index (χ0v) is 44.3. The van der Waals surface area contributed by atoms with Crippen LogP contribution in [0.2, 0.25) is 5.15 Å². The smallest absolute Gasteiger partial charge is 0.399 e. The van der Waals surface area contributed by atoms with Crippen molar-refractivity contribution in [3.63, 3.8) is 0 Å². The molecule has 3 fully saturated rings. The predicted octanol–water partition coefficient (Wildman–Crippen LogP) is 9.00. The third-order valence-corrected chi connectivity index (χ3v) is 14.8. The van der Waals surface area contributed by atoms with Crippen LogP contribution in [-0.4, -0.2) is 125 Å². The van der Waals surface area contributed by atoms with Crippen molar-refractivity contribution >= 4 is 82.5 Å². The van der Waals surface area contributed by atoms with E-state index in [0.717, 1.165) is 105 Å². The second-order valence-corrected chi connectivity index (χ2v) is 20.0. The number of halogens is 1. The molecule has 2 atom stereocenters. The first-order valence-electron chi connectivity index (χ1n) is 25.7. The number of amides is 4. The number of hydrogen-bond donors (Lipinski definition) is 2. The third kappa shape index (κ3) is 10.9. The molecule has 2 N–H and O–H groups in total. The lowest BCUT2D eigenvalue weighted by Crippen LogP contribution is -2.48. The quantitative estimate of drug-likeness (QED) is 0.0983. The molecular formula is C54H66BClN14O4. The number of aromatic nitrogens is 6. The second-order valence-electron chi connectivity index (χ2n) is 19.6. The van der Waals surface area contributed by atoms with Crippen LogP contribution in [0.1, 0.15) is 68.2 Å². The highest BCUT2D eigenvalue weighted by atomic mass is 35.5. The molecule has 11 rings (SSSR count). The summed E-state index contributed by atoms with van der Waals surface area (Å²) in [6.07, 6.45) is 8.87. The Hall–Kier alpha value is -7.09. The number of anilines is 8. The summed E-state index contributed by atoms with van der Waals surface area (Å²) < 4.78 is 12.1. The van der Waals surface area contributed by atoms with E-state index < -0.39 is 0 Å². The van der Waals surface area contributed by atoms with Gasteiger partial charge in [0.2, 0.25) is 0 Å². The molecule has 18 nitrogen and oxygen atoms in total. The Bertz CT molecular complexity index is 2860. The first-order chi connectivity index (χ1) is 35.7. The molecule has 0 aliphatic carbocycles. The Labute approximate surface area is 439 Å². The maximum absolute atomic E-state index is 13.3. The molecule has 6 aromatic heterocycles. The Morgan fingerprint density at radius 1 is 0.635 bits per heavy atom. The van der Waals surface area contributed by atoms with Gasteiger partial charge in [-0.15, -0.1) is 0 Å². The molecule has 386 valence electrons. The van der Waals surface area contributed by atoms with E-state index in [1.807, 2.05) is 73.1 Å². The highest BCUT2D eigenvalue weighted by molar-refractivity contribution is 6.62. The second kappa shape index (κ2) is 22.2. The predicted molar refractivity (Wildman–Crippen MR) is 296 cm³/mol. The number of fused-ring (bicyclic) bond motifs is 8. The van der Waals surface area contributed by atoms with Gasteiger partial charge >= 0.3 is 19.2 Å². The molecule has 6 aromatic rings. The SMILES string of the molecule is CCN(CC)c1ccc(-c2ccc3c(n2)N(C(=O)Nc2ccccn2)[C@H]2CCN3C2)cn1.CCN(CC)c1ccc(B2OC(C)(C)C(C)(C)O2)cn1.O=C(Nc1ccccn1)N1c2nc(Cl)ccc2N2CC[C@H]1C2. The van der Waals surface area contributed by atoms with Gasteiger partial charge in [-0.05, 0) is 135 Å². The van der Waals surface area contributed by atoms with Gasteiger partial charge in [0.1, 0.15) is 28.4 Å². The van der Waals surface area contributed by atoms with Crippen molar-refractivity contribution in [2.24, 2.45) is 0 Å². The molecule has 0 unspecified atom stereocenters. The van der Waals surface area contributed by atoms with E-state index in [2.05, 4.69) is 117 Å². The number of hydrogen-bond acceptors (Lipinski definition) is 14. The summed E-state index contributed by atoms with van der Waals surface area (Å²) in [6.45, 7) is 24.0. The van der Waals surface area contributed by atoms with Gasteiger partial charge in [0.25, 0.3) is 0 Å².